The number of benzene rings is 2. The van der Waals surface area contributed by atoms with Gasteiger partial charge in [-0.2, -0.15) is 0 Å². The third-order valence-corrected chi connectivity index (χ3v) is 6.60. The van der Waals surface area contributed by atoms with E-state index in [0.29, 0.717) is 18.1 Å². The highest BCUT2D eigenvalue weighted by Crippen LogP contribution is 2.24. The summed E-state index contributed by atoms with van der Waals surface area (Å²) < 4.78 is 29.6. The average molecular weight is 444 g/mol. The van der Waals surface area contributed by atoms with Crippen molar-refractivity contribution in [1.29, 1.82) is 0 Å². The molecule has 0 N–H and O–H groups in total. The van der Waals surface area contributed by atoms with Crippen LogP contribution in [-0.2, 0) is 19.6 Å². The molecule has 1 aliphatic rings. The molecule has 0 bridgehead atoms. The number of fused-ring (bicyclic) bond motifs is 1. The van der Waals surface area contributed by atoms with Crippen LogP contribution in [0, 0.1) is 0 Å². The lowest BCUT2D eigenvalue weighted by atomic mass is 10.0. The van der Waals surface area contributed by atoms with E-state index in [1.165, 1.54) is 10.6 Å². The summed E-state index contributed by atoms with van der Waals surface area (Å²) >= 11 is 0. The first-order valence-corrected chi connectivity index (χ1v) is 12.2. The molecule has 0 saturated carbocycles. The zero-order chi connectivity index (χ0) is 22.4. The van der Waals surface area contributed by atoms with Crippen molar-refractivity contribution in [2.75, 3.05) is 33.4 Å². The molecule has 31 heavy (non-hydrogen) atoms. The fraction of sp³-hybridized carbons (Fsp3) is 0.391. The van der Waals surface area contributed by atoms with Crippen molar-refractivity contribution >= 4 is 32.7 Å². The zero-order valence-corrected chi connectivity index (χ0v) is 19.1. The fourth-order valence-electron chi connectivity index (χ4n) is 3.41. The molecular weight excluding hydrogens is 414 g/mol. The van der Waals surface area contributed by atoms with Crippen LogP contribution in [0.4, 0.5) is 0 Å². The van der Waals surface area contributed by atoms with Crippen molar-refractivity contribution in [1.82, 2.24) is 9.21 Å². The van der Waals surface area contributed by atoms with Gasteiger partial charge in [0.2, 0.25) is 15.9 Å². The summed E-state index contributed by atoms with van der Waals surface area (Å²) in [4.78, 5) is 18.7. The van der Waals surface area contributed by atoms with Gasteiger partial charge in [0.25, 0.3) is 0 Å². The van der Waals surface area contributed by atoms with Crippen molar-refractivity contribution < 1.29 is 17.9 Å². The Bertz CT molecular complexity index is 1100. The minimum absolute atomic E-state index is 0.292. The molecule has 0 unspecified atom stereocenters. The van der Waals surface area contributed by atoms with Crippen molar-refractivity contribution in [3.05, 3.63) is 59.9 Å². The molecule has 0 aliphatic carbocycles. The first-order chi connectivity index (χ1) is 14.8. The Hall–Kier alpha value is -2.71. The van der Waals surface area contributed by atoms with Gasteiger partial charge in [-0.3, -0.25) is 0 Å². The average Bonchev–Trinajstić information content (AvgIpc) is 3.09. The minimum atomic E-state index is -3.10. The number of carbonyl (C=O) groups excluding carboxylic acids is 1. The first kappa shape index (κ1) is 23.0. The monoisotopic (exact) mass is 443 g/mol. The van der Waals surface area contributed by atoms with Crippen LogP contribution < -0.4 is 0 Å². The van der Waals surface area contributed by atoms with Crippen LogP contribution in [0.25, 0.3) is 10.8 Å². The zero-order valence-electron chi connectivity index (χ0n) is 18.2. The molecule has 0 fully saturated rings. The first-order valence-electron chi connectivity index (χ1n) is 10.4. The van der Waals surface area contributed by atoms with Crippen LogP contribution >= 0.6 is 0 Å². The normalized spacial score (nSPS) is 15.5. The number of carbonyl (C=O) groups is 1. The maximum Gasteiger partial charge on any atom is 0.365 e. The van der Waals surface area contributed by atoms with Gasteiger partial charge in [-0.05, 0) is 29.7 Å². The molecule has 2 aromatic carbocycles. The Morgan fingerprint density at radius 2 is 1.65 bits per heavy atom. The van der Waals surface area contributed by atoms with Gasteiger partial charge in [0.05, 0.1) is 6.26 Å². The van der Waals surface area contributed by atoms with Gasteiger partial charge < -0.3 is 9.64 Å². The summed E-state index contributed by atoms with van der Waals surface area (Å²) in [6.45, 7) is 1.31. The van der Waals surface area contributed by atoms with Crippen LogP contribution in [-0.4, -0.2) is 62.9 Å². The van der Waals surface area contributed by atoms with E-state index in [4.69, 9.17) is 4.74 Å². The summed E-state index contributed by atoms with van der Waals surface area (Å²) in [7, 11) is 0.403. The second-order valence-corrected chi connectivity index (χ2v) is 9.92. The van der Waals surface area contributed by atoms with E-state index in [1.54, 1.807) is 13.2 Å². The van der Waals surface area contributed by atoms with E-state index in [2.05, 4.69) is 4.99 Å². The number of rotatable bonds is 10. The minimum Gasteiger partial charge on any atom is -0.402 e. The molecule has 2 aromatic rings. The fourth-order valence-corrected chi connectivity index (χ4v) is 3.88. The highest BCUT2D eigenvalue weighted by atomic mass is 32.2. The Morgan fingerprint density at radius 3 is 2.39 bits per heavy atom. The lowest BCUT2D eigenvalue weighted by molar-refractivity contribution is -0.130. The second-order valence-electron chi connectivity index (χ2n) is 7.83. The van der Waals surface area contributed by atoms with Crippen molar-refractivity contribution in [3.8, 4) is 0 Å². The molecule has 3 rings (SSSR count). The number of aliphatic imine (C=N–C) groups is 1. The summed E-state index contributed by atoms with van der Waals surface area (Å²) in [6.07, 6.45) is 6.66. The molecule has 0 spiro atoms. The quantitative estimate of drug-likeness (QED) is 0.320. The lowest BCUT2D eigenvalue weighted by Crippen LogP contribution is -2.26. The van der Waals surface area contributed by atoms with Gasteiger partial charge in [0.1, 0.15) is 0 Å². The predicted molar refractivity (Wildman–Crippen MR) is 123 cm³/mol. The van der Waals surface area contributed by atoms with E-state index in [0.717, 1.165) is 48.6 Å². The van der Waals surface area contributed by atoms with Crippen LogP contribution in [0.2, 0.25) is 0 Å². The van der Waals surface area contributed by atoms with Crippen LogP contribution in [0.1, 0.15) is 31.2 Å². The lowest BCUT2D eigenvalue weighted by Gasteiger charge is -2.15. The van der Waals surface area contributed by atoms with Gasteiger partial charge in [-0.25, -0.2) is 22.5 Å². The summed E-state index contributed by atoms with van der Waals surface area (Å²) in [6, 6.07) is 13.8. The molecule has 1 aliphatic heterocycles. The Morgan fingerprint density at radius 1 is 0.968 bits per heavy atom. The van der Waals surface area contributed by atoms with Gasteiger partial charge >= 0.3 is 5.97 Å². The molecule has 1 heterocycles. The van der Waals surface area contributed by atoms with Gasteiger partial charge in [-0.15, -0.1) is 0 Å². The van der Waals surface area contributed by atoms with Crippen molar-refractivity contribution in [2.24, 2.45) is 4.99 Å². The van der Waals surface area contributed by atoms with Crippen molar-refractivity contribution in [2.45, 2.75) is 25.7 Å². The number of nitrogens with zero attached hydrogens (tertiary/aromatic N) is 3. The number of hydrogen-bond donors (Lipinski definition) is 0. The Kier molecular flexibility index (Phi) is 7.46. The third-order valence-electron chi connectivity index (χ3n) is 5.28. The predicted octanol–water partition coefficient (Wildman–Crippen LogP) is 3.37. The standard InChI is InChI=1S/C23H29N3O4S/c1-25(15-8-4-5-9-16-26(2)31(3,28)29)17-21-23(27)30-22(24-21)20-14-10-12-18-11-6-7-13-19(18)20/h6-7,10-14,17H,4-5,8-9,15-16H2,1-3H3. The second kappa shape index (κ2) is 10.1. The van der Waals surface area contributed by atoms with Gasteiger partial charge in [0, 0.05) is 38.9 Å². The smallest absolute Gasteiger partial charge is 0.365 e. The molecule has 7 nitrogen and oxygen atoms in total. The molecule has 0 aromatic heterocycles. The SMILES string of the molecule is CN(C=C1N=C(c2cccc3ccccc23)OC1=O)CCCCCCN(C)S(C)(=O)=O. The van der Waals surface area contributed by atoms with E-state index < -0.39 is 16.0 Å². The number of hydrogen-bond acceptors (Lipinski definition) is 6. The third kappa shape index (κ3) is 6.15. The molecule has 166 valence electrons. The topological polar surface area (TPSA) is 79.3 Å². The maximum absolute atomic E-state index is 12.3. The highest BCUT2D eigenvalue weighted by Gasteiger charge is 2.25. The van der Waals surface area contributed by atoms with Crippen LogP contribution in [0.3, 0.4) is 0 Å². The summed E-state index contributed by atoms with van der Waals surface area (Å²) in [5.74, 6) is -0.116. The number of sulfonamides is 1. The number of cyclic esters (lactones) is 1. The number of ether oxygens (including phenoxy) is 1. The molecule has 0 saturated heterocycles. The van der Waals surface area contributed by atoms with E-state index in [-0.39, 0.29) is 0 Å². The van der Waals surface area contributed by atoms with E-state index in [9.17, 15) is 13.2 Å². The van der Waals surface area contributed by atoms with Gasteiger partial charge in [0.15, 0.2) is 5.70 Å². The van der Waals surface area contributed by atoms with E-state index >= 15 is 0 Å². The molecule has 0 atom stereocenters. The van der Waals surface area contributed by atoms with Gasteiger partial charge in [-0.1, -0.05) is 49.2 Å². The molecule has 0 amide bonds. The Balaban J connectivity index is 1.53. The Labute approximate surface area is 184 Å². The van der Waals surface area contributed by atoms with Crippen LogP contribution in [0.5, 0.6) is 0 Å². The maximum atomic E-state index is 12.3. The molecular formula is C23H29N3O4S. The van der Waals surface area contributed by atoms with E-state index in [1.807, 2.05) is 54.4 Å². The largest absolute Gasteiger partial charge is 0.402 e. The molecule has 0 radical (unpaired) electrons. The van der Waals surface area contributed by atoms with Crippen molar-refractivity contribution in [3.63, 3.8) is 0 Å². The number of esters is 1. The van der Waals surface area contributed by atoms with Crippen LogP contribution in [0.15, 0.2) is 59.4 Å². The summed E-state index contributed by atoms with van der Waals surface area (Å²) in [5.41, 5.74) is 1.09. The summed E-state index contributed by atoms with van der Waals surface area (Å²) in [5, 5.41) is 2.06. The highest BCUT2D eigenvalue weighted by molar-refractivity contribution is 7.88. The molecule has 8 heteroatoms. The number of unbranched alkanes of at least 4 members (excludes halogenated alkanes) is 3.